The third kappa shape index (κ3) is 1.08. The van der Waals surface area contributed by atoms with Crippen molar-refractivity contribution in [2.45, 2.75) is 38.2 Å². The highest BCUT2D eigenvalue weighted by Crippen LogP contribution is 2.38. The minimum absolute atomic E-state index is 0.157. The van der Waals surface area contributed by atoms with Crippen molar-refractivity contribution in [2.24, 2.45) is 5.92 Å². The molecule has 2 fully saturated rings. The lowest BCUT2D eigenvalue weighted by Gasteiger charge is -2.36. The average Bonchev–Trinajstić information content (AvgIpc) is 2.41. The van der Waals surface area contributed by atoms with E-state index in [1.54, 1.807) is 0 Å². The van der Waals surface area contributed by atoms with Crippen LogP contribution in [0.15, 0.2) is 0 Å². The predicted octanol–water partition coefficient (Wildman–Crippen LogP) is 1.68. The first-order chi connectivity index (χ1) is 5.73. The number of alkyl carbamates (subject to hydrolysis) is 1. The second-order valence-corrected chi connectivity index (χ2v) is 3.95. The minimum atomic E-state index is -0.233. The first-order valence-corrected chi connectivity index (χ1v) is 4.70. The van der Waals surface area contributed by atoms with Gasteiger partial charge in [0, 0.05) is 0 Å². The topological polar surface area (TPSA) is 38.3 Å². The molecule has 0 aromatic heterocycles. The number of hydrogen-bond acceptors (Lipinski definition) is 2. The number of nitrogens with one attached hydrogen (secondary N) is 1. The van der Waals surface area contributed by atoms with E-state index in [0.29, 0.717) is 12.5 Å². The number of carbonyl (C=O) groups excluding carboxylic acids is 1. The fourth-order valence-corrected chi connectivity index (χ4v) is 2.28. The van der Waals surface area contributed by atoms with Crippen LogP contribution in [0.5, 0.6) is 0 Å². The third-order valence-corrected chi connectivity index (χ3v) is 3.21. The fourth-order valence-electron chi connectivity index (χ4n) is 2.28. The van der Waals surface area contributed by atoms with Gasteiger partial charge in [0.1, 0.15) is 5.60 Å². The van der Waals surface area contributed by atoms with Crippen LogP contribution in [0, 0.1) is 5.92 Å². The van der Waals surface area contributed by atoms with Crippen LogP contribution in [0.2, 0.25) is 0 Å². The van der Waals surface area contributed by atoms with E-state index in [1.807, 2.05) is 0 Å². The molecule has 2 aliphatic rings. The van der Waals surface area contributed by atoms with Crippen LogP contribution in [0.1, 0.15) is 32.6 Å². The summed E-state index contributed by atoms with van der Waals surface area (Å²) in [6, 6.07) is 0. The Labute approximate surface area is 72.5 Å². The van der Waals surface area contributed by atoms with Crippen LogP contribution in [0.3, 0.4) is 0 Å². The van der Waals surface area contributed by atoms with E-state index >= 15 is 0 Å². The molecule has 1 N–H and O–H groups in total. The van der Waals surface area contributed by atoms with Gasteiger partial charge >= 0.3 is 6.09 Å². The van der Waals surface area contributed by atoms with Gasteiger partial charge in [-0.15, -0.1) is 0 Å². The van der Waals surface area contributed by atoms with Gasteiger partial charge in [0.25, 0.3) is 0 Å². The van der Waals surface area contributed by atoms with Crippen LogP contribution < -0.4 is 5.32 Å². The molecule has 0 aromatic rings. The van der Waals surface area contributed by atoms with Gasteiger partial charge in [-0.2, -0.15) is 0 Å². The molecule has 1 saturated heterocycles. The normalized spacial score (nSPS) is 41.1. The summed E-state index contributed by atoms with van der Waals surface area (Å²) in [4.78, 5) is 10.9. The number of hydrogen-bond donors (Lipinski definition) is 1. The van der Waals surface area contributed by atoms with Crippen LogP contribution in [0.4, 0.5) is 4.79 Å². The molecule has 2 unspecified atom stereocenters. The Morgan fingerprint density at radius 2 is 2.42 bits per heavy atom. The van der Waals surface area contributed by atoms with Crippen molar-refractivity contribution in [3.8, 4) is 0 Å². The van der Waals surface area contributed by atoms with Crippen LogP contribution in [-0.4, -0.2) is 18.2 Å². The monoisotopic (exact) mass is 169 g/mol. The van der Waals surface area contributed by atoms with Gasteiger partial charge in [0.2, 0.25) is 0 Å². The van der Waals surface area contributed by atoms with Gasteiger partial charge in [0.05, 0.1) is 6.54 Å². The van der Waals surface area contributed by atoms with Crippen molar-refractivity contribution in [1.29, 1.82) is 0 Å². The fraction of sp³-hybridized carbons (Fsp3) is 0.889. The molecule has 3 nitrogen and oxygen atoms in total. The number of carbonyl (C=O) groups is 1. The van der Waals surface area contributed by atoms with Gasteiger partial charge in [0.15, 0.2) is 0 Å². The van der Waals surface area contributed by atoms with E-state index in [9.17, 15) is 4.79 Å². The first kappa shape index (κ1) is 7.90. The maximum absolute atomic E-state index is 10.9. The minimum Gasteiger partial charge on any atom is -0.441 e. The van der Waals surface area contributed by atoms with Gasteiger partial charge in [-0.3, -0.25) is 0 Å². The van der Waals surface area contributed by atoms with E-state index in [-0.39, 0.29) is 11.7 Å². The largest absolute Gasteiger partial charge is 0.441 e. The van der Waals surface area contributed by atoms with E-state index in [0.717, 1.165) is 6.42 Å². The van der Waals surface area contributed by atoms with Crippen molar-refractivity contribution < 1.29 is 9.53 Å². The van der Waals surface area contributed by atoms with E-state index in [4.69, 9.17) is 4.74 Å². The van der Waals surface area contributed by atoms with E-state index < -0.39 is 0 Å². The van der Waals surface area contributed by atoms with E-state index in [2.05, 4.69) is 12.2 Å². The lowest BCUT2D eigenvalue weighted by atomic mass is 9.76. The van der Waals surface area contributed by atoms with E-state index in [1.165, 1.54) is 19.3 Å². The molecular formula is C9H15NO2. The van der Waals surface area contributed by atoms with Gasteiger partial charge in [-0.1, -0.05) is 13.3 Å². The number of rotatable bonds is 0. The summed E-state index contributed by atoms with van der Waals surface area (Å²) in [6.07, 6.45) is 4.46. The maximum Gasteiger partial charge on any atom is 0.407 e. The molecule has 0 radical (unpaired) electrons. The Morgan fingerprint density at radius 1 is 1.58 bits per heavy atom. The Bertz CT molecular complexity index is 205. The van der Waals surface area contributed by atoms with Crippen molar-refractivity contribution in [2.75, 3.05) is 6.54 Å². The Balaban J connectivity index is 2.12. The van der Waals surface area contributed by atoms with Gasteiger partial charge in [-0.05, 0) is 25.2 Å². The standard InChI is InChI=1S/C9H15NO2/c1-7-4-2-3-5-9(7)6-10-8(11)12-9/h7H,2-6H2,1H3,(H,10,11). The summed E-state index contributed by atoms with van der Waals surface area (Å²) < 4.78 is 5.35. The highest BCUT2D eigenvalue weighted by atomic mass is 16.6. The number of amides is 1. The zero-order valence-electron chi connectivity index (χ0n) is 7.43. The molecule has 1 saturated carbocycles. The van der Waals surface area contributed by atoms with Gasteiger partial charge < -0.3 is 10.1 Å². The molecule has 1 aliphatic carbocycles. The van der Waals surface area contributed by atoms with Crippen LogP contribution >= 0.6 is 0 Å². The predicted molar refractivity (Wildman–Crippen MR) is 44.8 cm³/mol. The summed E-state index contributed by atoms with van der Waals surface area (Å²) in [5.74, 6) is 0.519. The molecule has 1 heterocycles. The lowest BCUT2D eigenvalue weighted by molar-refractivity contribution is -0.0153. The van der Waals surface area contributed by atoms with Crippen LogP contribution in [-0.2, 0) is 4.74 Å². The molecule has 68 valence electrons. The van der Waals surface area contributed by atoms with Crippen molar-refractivity contribution >= 4 is 6.09 Å². The SMILES string of the molecule is CC1CCCCC12CNC(=O)O2. The molecular weight excluding hydrogens is 154 g/mol. The zero-order valence-corrected chi connectivity index (χ0v) is 7.43. The third-order valence-electron chi connectivity index (χ3n) is 3.21. The molecule has 1 amide bonds. The second-order valence-electron chi connectivity index (χ2n) is 3.95. The average molecular weight is 169 g/mol. The molecule has 2 atom stereocenters. The Morgan fingerprint density at radius 3 is 3.00 bits per heavy atom. The molecule has 1 aliphatic heterocycles. The summed E-state index contributed by atoms with van der Waals surface area (Å²) in [6.45, 7) is 2.90. The maximum atomic E-state index is 10.9. The first-order valence-electron chi connectivity index (χ1n) is 4.70. The smallest absolute Gasteiger partial charge is 0.407 e. The molecule has 0 aromatic carbocycles. The summed E-state index contributed by atoms with van der Waals surface area (Å²) >= 11 is 0. The Kier molecular flexibility index (Phi) is 1.74. The van der Waals surface area contributed by atoms with Crippen molar-refractivity contribution in [3.63, 3.8) is 0 Å². The van der Waals surface area contributed by atoms with Crippen LogP contribution in [0.25, 0.3) is 0 Å². The van der Waals surface area contributed by atoms with Crippen molar-refractivity contribution in [3.05, 3.63) is 0 Å². The molecule has 0 bridgehead atoms. The Hall–Kier alpha value is -0.730. The molecule has 1 spiro atoms. The zero-order chi connectivity index (χ0) is 8.60. The quantitative estimate of drug-likeness (QED) is 0.599. The van der Waals surface area contributed by atoms with Gasteiger partial charge in [-0.25, -0.2) is 4.79 Å². The summed E-state index contributed by atoms with van der Waals surface area (Å²) in [7, 11) is 0. The molecule has 2 rings (SSSR count). The highest BCUT2D eigenvalue weighted by Gasteiger charge is 2.45. The number of ether oxygens (including phenoxy) is 1. The lowest BCUT2D eigenvalue weighted by Crippen LogP contribution is -2.42. The second kappa shape index (κ2) is 2.64. The highest BCUT2D eigenvalue weighted by molar-refractivity contribution is 5.70. The van der Waals surface area contributed by atoms with Crippen molar-refractivity contribution in [1.82, 2.24) is 5.32 Å². The molecule has 3 heteroatoms. The summed E-state index contributed by atoms with van der Waals surface area (Å²) in [5, 5.41) is 2.75. The summed E-state index contributed by atoms with van der Waals surface area (Å²) in [5.41, 5.74) is -0.157. The molecule has 12 heavy (non-hydrogen) atoms.